The monoisotopic (exact) mass is 156 g/mol. The van der Waals surface area contributed by atoms with Gasteiger partial charge in [0.1, 0.15) is 6.17 Å². The van der Waals surface area contributed by atoms with Crippen molar-refractivity contribution in [3.8, 4) is 0 Å². The van der Waals surface area contributed by atoms with Gasteiger partial charge in [-0.3, -0.25) is 0 Å². The number of alkyl halides is 3. The largest absolute Gasteiger partial charge is 0.243 e. The van der Waals surface area contributed by atoms with Gasteiger partial charge in [0, 0.05) is 5.75 Å². The molecule has 1 saturated heterocycles. The molecule has 3 unspecified atom stereocenters. The van der Waals surface area contributed by atoms with Crippen LogP contribution in [0.1, 0.15) is 6.92 Å². The van der Waals surface area contributed by atoms with Gasteiger partial charge in [-0.25, -0.2) is 13.2 Å². The summed E-state index contributed by atoms with van der Waals surface area (Å²) in [6.07, 6.45) is -1.64. The van der Waals surface area contributed by atoms with Crippen LogP contribution in [0.25, 0.3) is 0 Å². The highest BCUT2D eigenvalue weighted by atomic mass is 32.2. The minimum atomic E-state index is -2.26. The van der Waals surface area contributed by atoms with E-state index in [0.717, 1.165) is 6.92 Å². The number of thioether (sulfide) groups is 1. The maximum atomic E-state index is 12.6. The molecule has 0 spiro atoms. The van der Waals surface area contributed by atoms with Gasteiger partial charge in [0.15, 0.2) is 11.2 Å². The summed E-state index contributed by atoms with van der Waals surface area (Å²) in [4.78, 5) is 0. The third-order valence-corrected chi connectivity index (χ3v) is 2.68. The Kier molecular flexibility index (Phi) is 1.67. The molecule has 3 atom stereocenters. The first-order valence-electron chi connectivity index (χ1n) is 2.64. The molecule has 1 fully saturated rings. The molecule has 0 saturated carbocycles. The average molecular weight is 156 g/mol. The maximum absolute atomic E-state index is 12.6. The Morgan fingerprint density at radius 3 is 2.22 bits per heavy atom. The van der Waals surface area contributed by atoms with E-state index >= 15 is 0 Å². The second-order valence-electron chi connectivity index (χ2n) is 2.27. The summed E-state index contributed by atoms with van der Waals surface area (Å²) < 4.78 is 37.2. The van der Waals surface area contributed by atoms with Gasteiger partial charge in [-0.05, 0) is 6.92 Å². The topological polar surface area (TPSA) is 0 Å². The molecule has 1 aliphatic heterocycles. The molecule has 0 aliphatic carbocycles. The maximum Gasteiger partial charge on any atom is 0.182 e. The van der Waals surface area contributed by atoms with E-state index < -0.39 is 17.3 Å². The number of hydrogen-bond donors (Lipinski definition) is 0. The Hall–Kier alpha value is 0.140. The Morgan fingerprint density at radius 2 is 2.11 bits per heavy atom. The fourth-order valence-electron chi connectivity index (χ4n) is 0.637. The number of rotatable bonds is 0. The Labute approximate surface area is 55.8 Å². The molecule has 0 aromatic carbocycles. The summed E-state index contributed by atoms with van der Waals surface area (Å²) in [6.45, 7) is 0.961. The second-order valence-corrected chi connectivity index (χ2v) is 3.35. The molecule has 1 rings (SSSR count). The van der Waals surface area contributed by atoms with Crippen molar-refractivity contribution in [2.24, 2.45) is 0 Å². The lowest BCUT2D eigenvalue weighted by atomic mass is 10.1. The quantitative estimate of drug-likeness (QED) is 0.517. The van der Waals surface area contributed by atoms with Crippen molar-refractivity contribution < 1.29 is 13.2 Å². The Morgan fingerprint density at radius 1 is 1.56 bits per heavy atom. The van der Waals surface area contributed by atoms with E-state index in [1.165, 1.54) is 0 Å². The van der Waals surface area contributed by atoms with Gasteiger partial charge in [0.2, 0.25) is 0 Å². The van der Waals surface area contributed by atoms with Gasteiger partial charge >= 0.3 is 0 Å². The molecule has 0 aromatic rings. The highest BCUT2D eigenvalue weighted by Crippen LogP contribution is 2.41. The van der Waals surface area contributed by atoms with Gasteiger partial charge < -0.3 is 0 Å². The molecule has 0 aromatic heterocycles. The van der Waals surface area contributed by atoms with Crippen molar-refractivity contribution in [3.05, 3.63) is 0 Å². The first-order valence-corrected chi connectivity index (χ1v) is 3.68. The highest BCUT2D eigenvalue weighted by Gasteiger charge is 2.49. The molecule has 0 nitrogen and oxygen atoms in total. The summed E-state index contributed by atoms with van der Waals surface area (Å²) in [6, 6.07) is 0. The zero-order valence-corrected chi connectivity index (χ0v) is 5.72. The molecular weight excluding hydrogens is 149 g/mol. The molecule has 9 heavy (non-hydrogen) atoms. The van der Waals surface area contributed by atoms with Crippen LogP contribution in [-0.2, 0) is 0 Å². The van der Waals surface area contributed by atoms with E-state index in [1.54, 1.807) is 0 Å². The van der Waals surface area contributed by atoms with E-state index in [-0.39, 0.29) is 5.75 Å². The molecule has 4 heteroatoms. The normalized spacial score (nSPS) is 52.0. The molecule has 1 aliphatic rings. The van der Waals surface area contributed by atoms with Crippen LogP contribution in [0, 0.1) is 0 Å². The van der Waals surface area contributed by atoms with E-state index in [4.69, 9.17) is 0 Å². The zero-order valence-electron chi connectivity index (χ0n) is 4.90. The molecule has 54 valence electrons. The molecule has 0 bridgehead atoms. The van der Waals surface area contributed by atoms with Gasteiger partial charge in [-0.2, -0.15) is 0 Å². The standard InChI is InChI=1S/C5H7F3S/c1-5(8)3(6)2-9-4(5)7/h3-4H,2H2,1H3. The van der Waals surface area contributed by atoms with Crippen molar-refractivity contribution >= 4 is 11.8 Å². The van der Waals surface area contributed by atoms with Crippen molar-refractivity contribution in [2.45, 2.75) is 24.3 Å². The molecule has 0 N–H and O–H groups in total. The molecule has 1 heterocycles. The van der Waals surface area contributed by atoms with E-state index in [1.807, 2.05) is 0 Å². The van der Waals surface area contributed by atoms with Crippen molar-refractivity contribution in [1.82, 2.24) is 0 Å². The Balaban J connectivity index is 2.66. The lowest BCUT2D eigenvalue weighted by Gasteiger charge is -2.16. The predicted molar refractivity (Wildman–Crippen MR) is 31.8 cm³/mol. The van der Waals surface area contributed by atoms with E-state index in [9.17, 15) is 13.2 Å². The summed E-state index contributed by atoms with van der Waals surface area (Å²) in [5, 5.41) is 0. The van der Waals surface area contributed by atoms with Gasteiger partial charge in [0.25, 0.3) is 0 Å². The first kappa shape index (κ1) is 7.25. The fourth-order valence-corrected chi connectivity index (χ4v) is 1.77. The molecular formula is C5H7F3S. The third kappa shape index (κ3) is 1.04. The van der Waals surface area contributed by atoms with Crippen LogP contribution in [0.5, 0.6) is 0 Å². The summed E-state index contributed by atoms with van der Waals surface area (Å²) >= 11 is 0.696. The van der Waals surface area contributed by atoms with Gasteiger partial charge in [-0.1, -0.05) is 0 Å². The third-order valence-electron chi connectivity index (χ3n) is 1.45. The second kappa shape index (κ2) is 2.08. The van der Waals surface area contributed by atoms with Crippen LogP contribution in [0.4, 0.5) is 13.2 Å². The fraction of sp³-hybridized carbons (Fsp3) is 1.00. The van der Waals surface area contributed by atoms with Crippen LogP contribution < -0.4 is 0 Å². The highest BCUT2D eigenvalue weighted by molar-refractivity contribution is 8.00. The SMILES string of the molecule is CC1(F)C(F)CSC1F. The minimum absolute atomic E-state index is 0.0613. The predicted octanol–water partition coefficient (Wildman–Crippen LogP) is 2.10. The zero-order chi connectivity index (χ0) is 7.07. The smallest absolute Gasteiger partial charge is 0.182 e. The van der Waals surface area contributed by atoms with Crippen LogP contribution in [0.3, 0.4) is 0 Å². The van der Waals surface area contributed by atoms with Crippen LogP contribution in [-0.4, -0.2) is 23.1 Å². The van der Waals surface area contributed by atoms with Crippen LogP contribution in [0.2, 0.25) is 0 Å². The summed E-state index contributed by atoms with van der Waals surface area (Å²) in [5.74, 6) is -0.0613. The summed E-state index contributed by atoms with van der Waals surface area (Å²) in [5.41, 5.74) is -3.95. The molecule has 0 amide bonds. The average Bonchev–Trinajstić information content (AvgIpc) is 1.96. The summed E-state index contributed by atoms with van der Waals surface area (Å²) in [7, 11) is 0. The van der Waals surface area contributed by atoms with E-state index in [2.05, 4.69) is 0 Å². The van der Waals surface area contributed by atoms with E-state index in [0.29, 0.717) is 11.8 Å². The number of halogens is 3. The van der Waals surface area contributed by atoms with Crippen LogP contribution in [0.15, 0.2) is 0 Å². The first-order chi connectivity index (χ1) is 4.05. The van der Waals surface area contributed by atoms with Crippen molar-refractivity contribution in [2.75, 3.05) is 5.75 Å². The minimum Gasteiger partial charge on any atom is -0.243 e. The van der Waals surface area contributed by atoms with Gasteiger partial charge in [0.05, 0.1) is 0 Å². The Bertz CT molecular complexity index is 103. The lowest BCUT2D eigenvalue weighted by molar-refractivity contribution is 0.0524. The lowest BCUT2D eigenvalue weighted by Crippen LogP contribution is -2.33. The number of hydrogen-bond acceptors (Lipinski definition) is 1. The van der Waals surface area contributed by atoms with Gasteiger partial charge in [-0.15, -0.1) is 11.8 Å². The van der Waals surface area contributed by atoms with Crippen molar-refractivity contribution in [1.29, 1.82) is 0 Å². The van der Waals surface area contributed by atoms with Crippen molar-refractivity contribution in [3.63, 3.8) is 0 Å². The van der Waals surface area contributed by atoms with Crippen LogP contribution >= 0.6 is 11.8 Å². The molecule has 0 radical (unpaired) electrons.